The smallest absolute Gasteiger partial charge is 0.338 e. The van der Waals surface area contributed by atoms with Gasteiger partial charge >= 0.3 is 5.97 Å². The van der Waals surface area contributed by atoms with Crippen LogP contribution in [0.4, 0.5) is 0 Å². The second-order valence-electron chi connectivity index (χ2n) is 5.04. The molecular formula is C17H25ClO2. The second kappa shape index (κ2) is 10.7. The first-order chi connectivity index (χ1) is 9.77. The van der Waals surface area contributed by atoms with Gasteiger partial charge < -0.3 is 4.74 Å². The quantitative estimate of drug-likeness (QED) is 0.345. The molecule has 0 atom stereocenters. The van der Waals surface area contributed by atoms with Gasteiger partial charge in [-0.3, -0.25) is 0 Å². The van der Waals surface area contributed by atoms with Crippen LogP contribution in [0.3, 0.4) is 0 Å². The Kier molecular flexibility index (Phi) is 9.14. The predicted molar refractivity (Wildman–Crippen MR) is 84.5 cm³/mol. The van der Waals surface area contributed by atoms with Gasteiger partial charge in [-0.2, -0.15) is 0 Å². The number of hydrogen-bond acceptors (Lipinski definition) is 2. The minimum Gasteiger partial charge on any atom is -0.462 e. The zero-order valence-corrected chi connectivity index (χ0v) is 13.1. The van der Waals surface area contributed by atoms with Crippen LogP contribution in [0.5, 0.6) is 0 Å². The molecule has 0 aliphatic heterocycles. The van der Waals surface area contributed by atoms with E-state index in [1.165, 1.54) is 18.4 Å². The van der Waals surface area contributed by atoms with Gasteiger partial charge in [-0.25, -0.2) is 4.79 Å². The molecule has 0 N–H and O–H groups in total. The molecule has 0 bridgehead atoms. The molecule has 20 heavy (non-hydrogen) atoms. The number of rotatable bonds is 10. The third-order valence-corrected chi connectivity index (χ3v) is 3.54. The number of benzene rings is 1. The molecule has 1 aromatic carbocycles. The van der Waals surface area contributed by atoms with E-state index in [2.05, 4.69) is 6.92 Å². The summed E-state index contributed by atoms with van der Waals surface area (Å²) in [6.07, 6.45) is 7.57. The number of hydrogen-bond donors (Lipinski definition) is 0. The molecular weight excluding hydrogens is 272 g/mol. The molecule has 0 fully saturated rings. The van der Waals surface area contributed by atoms with Crippen LogP contribution in [-0.4, -0.2) is 18.5 Å². The Morgan fingerprint density at radius 3 is 2.40 bits per heavy atom. The SMILES string of the molecule is CCCCc1ccc(C(=O)OCCCCCCCl)cc1. The van der Waals surface area contributed by atoms with Crippen molar-refractivity contribution in [2.75, 3.05) is 12.5 Å². The van der Waals surface area contributed by atoms with Gasteiger partial charge in [0, 0.05) is 5.88 Å². The minimum atomic E-state index is -0.218. The van der Waals surface area contributed by atoms with Crippen molar-refractivity contribution in [1.29, 1.82) is 0 Å². The summed E-state index contributed by atoms with van der Waals surface area (Å²) in [5.74, 6) is 0.494. The summed E-state index contributed by atoms with van der Waals surface area (Å²) in [7, 11) is 0. The maximum atomic E-state index is 11.8. The Bertz CT molecular complexity index is 373. The molecule has 0 aliphatic carbocycles. The molecule has 112 valence electrons. The van der Waals surface area contributed by atoms with E-state index in [0.717, 1.165) is 32.1 Å². The Morgan fingerprint density at radius 1 is 1.05 bits per heavy atom. The number of esters is 1. The minimum absolute atomic E-state index is 0.218. The molecule has 0 saturated carbocycles. The summed E-state index contributed by atoms with van der Waals surface area (Å²) in [5.41, 5.74) is 1.93. The monoisotopic (exact) mass is 296 g/mol. The van der Waals surface area contributed by atoms with Gasteiger partial charge in [0.05, 0.1) is 12.2 Å². The number of ether oxygens (including phenoxy) is 1. The third-order valence-electron chi connectivity index (χ3n) is 3.27. The molecule has 0 aromatic heterocycles. The highest BCUT2D eigenvalue weighted by molar-refractivity contribution is 6.17. The van der Waals surface area contributed by atoms with Crippen molar-refractivity contribution >= 4 is 17.6 Å². The number of alkyl halides is 1. The maximum absolute atomic E-state index is 11.8. The summed E-state index contributed by atoms with van der Waals surface area (Å²) >= 11 is 5.60. The van der Waals surface area contributed by atoms with Crippen LogP contribution < -0.4 is 0 Å². The first-order valence-corrected chi connectivity index (χ1v) is 8.13. The van der Waals surface area contributed by atoms with Gasteiger partial charge in [0.25, 0.3) is 0 Å². The van der Waals surface area contributed by atoms with Gasteiger partial charge in [0.2, 0.25) is 0 Å². The molecule has 0 radical (unpaired) electrons. The number of carbonyl (C=O) groups is 1. The van der Waals surface area contributed by atoms with Gasteiger partial charge in [-0.05, 0) is 43.4 Å². The van der Waals surface area contributed by atoms with Crippen LogP contribution in [0.1, 0.15) is 61.4 Å². The Hall–Kier alpha value is -1.02. The maximum Gasteiger partial charge on any atom is 0.338 e. The number of unbranched alkanes of at least 4 members (excludes halogenated alkanes) is 4. The summed E-state index contributed by atoms with van der Waals surface area (Å²) in [5, 5.41) is 0. The second-order valence-corrected chi connectivity index (χ2v) is 5.42. The molecule has 2 nitrogen and oxygen atoms in total. The van der Waals surface area contributed by atoms with Gasteiger partial charge in [-0.15, -0.1) is 11.6 Å². The molecule has 0 unspecified atom stereocenters. The summed E-state index contributed by atoms with van der Waals surface area (Å²) in [4.78, 5) is 11.8. The summed E-state index contributed by atoms with van der Waals surface area (Å²) in [6, 6.07) is 7.76. The zero-order chi connectivity index (χ0) is 14.6. The Morgan fingerprint density at radius 2 is 1.75 bits per heavy atom. The van der Waals surface area contributed by atoms with Crippen molar-refractivity contribution in [3.63, 3.8) is 0 Å². The van der Waals surface area contributed by atoms with Crippen molar-refractivity contribution in [2.45, 2.75) is 51.9 Å². The molecule has 0 heterocycles. The standard InChI is InChI=1S/C17H25ClO2/c1-2-3-8-15-9-11-16(12-10-15)17(19)20-14-7-5-4-6-13-18/h9-12H,2-8,13-14H2,1H3. The molecule has 0 amide bonds. The Balaban J connectivity index is 2.25. The van der Waals surface area contributed by atoms with Crippen LogP contribution in [-0.2, 0) is 11.2 Å². The van der Waals surface area contributed by atoms with Crippen LogP contribution in [0.25, 0.3) is 0 Å². The predicted octanol–water partition coefficient (Wildman–Crippen LogP) is 4.99. The summed E-state index contributed by atoms with van der Waals surface area (Å²) < 4.78 is 5.26. The number of aryl methyl sites for hydroxylation is 1. The Labute approximate surface area is 127 Å². The van der Waals surface area contributed by atoms with Crippen LogP contribution in [0.2, 0.25) is 0 Å². The van der Waals surface area contributed by atoms with Gasteiger partial charge in [-0.1, -0.05) is 38.3 Å². The molecule has 3 heteroatoms. The van der Waals surface area contributed by atoms with E-state index in [-0.39, 0.29) is 5.97 Å². The third kappa shape index (κ3) is 6.95. The van der Waals surface area contributed by atoms with Crippen molar-refractivity contribution in [2.24, 2.45) is 0 Å². The van der Waals surface area contributed by atoms with Crippen molar-refractivity contribution < 1.29 is 9.53 Å². The summed E-state index contributed by atoms with van der Waals surface area (Å²) in [6.45, 7) is 2.68. The molecule has 0 saturated heterocycles. The average molecular weight is 297 g/mol. The van der Waals surface area contributed by atoms with E-state index in [9.17, 15) is 4.79 Å². The van der Waals surface area contributed by atoms with E-state index >= 15 is 0 Å². The largest absolute Gasteiger partial charge is 0.462 e. The zero-order valence-electron chi connectivity index (χ0n) is 12.4. The highest BCUT2D eigenvalue weighted by Gasteiger charge is 2.06. The molecule has 0 spiro atoms. The van der Waals surface area contributed by atoms with Gasteiger partial charge in [0.1, 0.15) is 0 Å². The highest BCUT2D eigenvalue weighted by Crippen LogP contribution is 2.09. The fourth-order valence-electron chi connectivity index (χ4n) is 1.99. The van der Waals surface area contributed by atoms with E-state index in [1.54, 1.807) is 0 Å². The van der Waals surface area contributed by atoms with Crippen LogP contribution in [0, 0.1) is 0 Å². The number of carbonyl (C=O) groups excluding carboxylic acids is 1. The fourth-order valence-corrected chi connectivity index (χ4v) is 2.18. The van der Waals surface area contributed by atoms with Crippen LogP contribution in [0.15, 0.2) is 24.3 Å². The molecule has 1 rings (SSSR count). The molecule has 0 aliphatic rings. The lowest BCUT2D eigenvalue weighted by Crippen LogP contribution is -2.06. The highest BCUT2D eigenvalue weighted by atomic mass is 35.5. The topological polar surface area (TPSA) is 26.3 Å². The van der Waals surface area contributed by atoms with E-state index in [1.807, 2.05) is 24.3 Å². The van der Waals surface area contributed by atoms with Crippen LogP contribution >= 0.6 is 11.6 Å². The lowest BCUT2D eigenvalue weighted by molar-refractivity contribution is 0.0498. The normalized spacial score (nSPS) is 10.5. The first-order valence-electron chi connectivity index (χ1n) is 7.60. The molecule has 1 aromatic rings. The number of halogens is 1. The van der Waals surface area contributed by atoms with E-state index in [4.69, 9.17) is 16.3 Å². The van der Waals surface area contributed by atoms with Crippen molar-refractivity contribution in [1.82, 2.24) is 0 Å². The lowest BCUT2D eigenvalue weighted by Gasteiger charge is -2.06. The average Bonchev–Trinajstić information content (AvgIpc) is 2.49. The fraction of sp³-hybridized carbons (Fsp3) is 0.588. The van der Waals surface area contributed by atoms with Gasteiger partial charge in [0.15, 0.2) is 0 Å². The van der Waals surface area contributed by atoms with Crippen molar-refractivity contribution in [3.05, 3.63) is 35.4 Å². The lowest BCUT2D eigenvalue weighted by atomic mass is 10.1. The van der Waals surface area contributed by atoms with E-state index < -0.39 is 0 Å². The first kappa shape index (κ1) is 17.0. The van der Waals surface area contributed by atoms with Crippen molar-refractivity contribution in [3.8, 4) is 0 Å². The van der Waals surface area contributed by atoms with E-state index in [0.29, 0.717) is 18.1 Å².